The SMILES string of the molecule is Cc1nc2ccccc2c(=O)n1-c1ccc(OC2CCN(C3CCCC3)CC2)cc1F. The lowest BCUT2D eigenvalue weighted by Gasteiger charge is -2.36. The first-order chi connectivity index (χ1) is 15.1. The van der Waals surface area contributed by atoms with Crippen molar-refractivity contribution in [3.05, 3.63) is 64.5 Å². The fraction of sp³-hybridized carbons (Fsp3) is 0.440. The highest BCUT2D eigenvalue weighted by atomic mass is 19.1. The summed E-state index contributed by atoms with van der Waals surface area (Å²) in [6.45, 7) is 3.82. The van der Waals surface area contributed by atoms with Gasteiger partial charge in [-0.25, -0.2) is 9.37 Å². The van der Waals surface area contributed by atoms with Crippen LogP contribution in [0.15, 0.2) is 47.3 Å². The maximum atomic E-state index is 15.0. The standard InChI is InChI=1S/C25H28FN3O2/c1-17-27-23-9-5-4-8-21(23)25(30)29(17)24-11-10-20(16-22(24)26)31-19-12-14-28(15-13-19)18-6-2-3-7-18/h4-5,8-11,16,18-19H,2-3,6-7,12-15H2,1H3. The van der Waals surface area contributed by atoms with Crippen molar-refractivity contribution in [2.75, 3.05) is 13.1 Å². The smallest absolute Gasteiger partial charge is 0.266 e. The lowest BCUT2D eigenvalue weighted by molar-refractivity contribution is 0.0766. The molecule has 0 radical (unpaired) electrons. The molecule has 2 fully saturated rings. The molecule has 1 aliphatic carbocycles. The van der Waals surface area contributed by atoms with E-state index in [9.17, 15) is 4.79 Å². The van der Waals surface area contributed by atoms with Gasteiger partial charge in [-0.15, -0.1) is 0 Å². The summed E-state index contributed by atoms with van der Waals surface area (Å²) in [5.74, 6) is 0.485. The van der Waals surface area contributed by atoms with E-state index in [-0.39, 0.29) is 17.4 Å². The Morgan fingerprint density at radius 1 is 1.03 bits per heavy atom. The Morgan fingerprint density at radius 3 is 2.52 bits per heavy atom. The maximum Gasteiger partial charge on any atom is 0.266 e. The Hall–Kier alpha value is -2.73. The quantitative estimate of drug-likeness (QED) is 0.617. The highest BCUT2D eigenvalue weighted by Gasteiger charge is 2.28. The molecule has 162 valence electrons. The van der Waals surface area contributed by atoms with Crippen molar-refractivity contribution >= 4 is 10.9 Å². The number of para-hydroxylation sites is 1. The van der Waals surface area contributed by atoms with E-state index in [0.717, 1.165) is 32.0 Å². The van der Waals surface area contributed by atoms with E-state index < -0.39 is 5.82 Å². The summed E-state index contributed by atoms with van der Waals surface area (Å²) in [4.78, 5) is 20.0. The molecule has 0 bridgehead atoms. The zero-order chi connectivity index (χ0) is 21.4. The van der Waals surface area contributed by atoms with E-state index in [4.69, 9.17) is 4.74 Å². The average molecular weight is 422 g/mol. The first-order valence-electron chi connectivity index (χ1n) is 11.3. The minimum atomic E-state index is -0.483. The van der Waals surface area contributed by atoms with Gasteiger partial charge in [-0.2, -0.15) is 0 Å². The monoisotopic (exact) mass is 421 g/mol. The highest BCUT2D eigenvalue weighted by molar-refractivity contribution is 5.77. The van der Waals surface area contributed by atoms with E-state index in [1.165, 1.54) is 36.3 Å². The van der Waals surface area contributed by atoms with Crippen LogP contribution in [0.4, 0.5) is 4.39 Å². The number of fused-ring (bicyclic) bond motifs is 1. The van der Waals surface area contributed by atoms with Crippen LogP contribution in [0.1, 0.15) is 44.3 Å². The number of ether oxygens (including phenoxy) is 1. The topological polar surface area (TPSA) is 47.4 Å². The molecule has 1 aromatic heterocycles. The molecule has 0 spiro atoms. The molecule has 6 heteroatoms. The van der Waals surface area contributed by atoms with Gasteiger partial charge in [-0.3, -0.25) is 9.36 Å². The predicted molar refractivity (Wildman–Crippen MR) is 120 cm³/mol. The molecule has 3 aromatic rings. The Bertz CT molecular complexity index is 1150. The van der Waals surface area contributed by atoms with Crippen LogP contribution in [0.3, 0.4) is 0 Å². The van der Waals surface area contributed by atoms with Crippen LogP contribution in [0.5, 0.6) is 5.75 Å². The molecule has 1 saturated heterocycles. The molecule has 1 saturated carbocycles. The minimum absolute atomic E-state index is 0.106. The van der Waals surface area contributed by atoms with Crippen molar-refractivity contribution < 1.29 is 9.13 Å². The molecular formula is C25H28FN3O2. The third-order valence-corrected chi connectivity index (χ3v) is 6.72. The summed E-state index contributed by atoms with van der Waals surface area (Å²) in [7, 11) is 0. The van der Waals surface area contributed by atoms with Crippen molar-refractivity contribution in [2.24, 2.45) is 0 Å². The second-order valence-electron chi connectivity index (χ2n) is 8.72. The summed E-state index contributed by atoms with van der Waals surface area (Å²) >= 11 is 0. The van der Waals surface area contributed by atoms with Gasteiger partial charge < -0.3 is 9.64 Å². The summed E-state index contributed by atoms with van der Waals surface area (Å²) in [6.07, 6.45) is 7.38. The van der Waals surface area contributed by atoms with Crippen LogP contribution in [0.25, 0.3) is 16.6 Å². The van der Waals surface area contributed by atoms with E-state index in [2.05, 4.69) is 9.88 Å². The van der Waals surface area contributed by atoms with E-state index in [0.29, 0.717) is 22.5 Å². The van der Waals surface area contributed by atoms with Crippen molar-refractivity contribution in [1.82, 2.24) is 14.5 Å². The second-order valence-corrected chi connectivity index (χ2v) is 8.72. The molecule has 2 aliphatic rings. The third-order valence-electron chi connectivity index (χ3n) is 6.72. The van der Waals surface area contributed by atoms with Gasteiger partial charge in [0.1, 0.15) is 17.7 Å². The van der Waals surface area contributed by atoms with Gasteiger partial charge >= 0.3 is 0 Å². The summed E-state index contributed by atoms with van der Waals surface area (Å²) in [5.41, 5.74) is 0.546. The molecule has 0 amide bonds. The summed E-state index contributed by atoms with van der Waals surface area (Å²) in [6, 6.07) is 12.6. The number of aryl methyl sites for hydroxylation is 1. The van der Waals surface area contributed by atoms with Crippen LogP contribution >= 0.6 is 0 Å². The fourth-order valence-corrected chi connectivity index (χ4v) is 5.09. The Labute approximate surface area is 181 Å². The molecule has 5 nitrogen and oxygen atoms in total. The number of benzene rings is 2. The number of nitrogens with zero attached hydrogens (tertiary/aromatic N) is 3. The van der Waals surface area contributed by atoms with Gasteiger partial charge in [0.2, 0.25) is 0 Å². The van der Waals surface area contributed by atoms with Gasteiger partial charge in [0.05, 0.1) is 16.6 Å². The number of likely N-dealkylation sites (tertiary alicyclic amines) is 1. The van der Waals surface area contributed by atoms with E-state index >= 15 is 4.39 Å². The molecule has 1 aliphatic heterocycles. The average Bonchev–Trinajstić information content (AvgIpc) is 3.31. The van der Waals surface area contributed by atoms with Gasteiger partial charge in [0, 0.05) is 25.2 Å². The highest BCUT2D eigenvalue weighted by Crippen LogP contribution is 2.28. The zero-order valence-corrected chi connectivity index (χ0v) is 17.9. The third kappa shape index (κ3) is 3.97. The van der Waals surface area contributed by atoms with Crippen molar-refractivity contribution in [3.63, 3.8) is 0 Å². The molecule has 5 rings (SSSR count). The largest absolute Gasteiger partial charge is 0.490 e. The number of rotatable bonds is 4. The van der Waals surface area contributed by atoms with Crippen LogP contribution in [0.2, 0.25) is 0 Å². The van der Waals surface area contributed by atoms with Gasteiger partial charge in [-0.1, -0.05) is 25.0 Å². The van der Waals surface area contributed by atoms with E-state index in [1.807, 2.05) is 6.07 Å². The fourth-order valence-electron chi connectivity index (χ4n) is 5.09. The molecular weight excluding hydrogens is 393 g/mol. The number of hydrogen-bond acceptors (Lipinski definition) is 4. The van der Waals surface area contributed by atoms with Crippen LogP contribution in [0, 0.1) is 12.7 Å². The van der Waals surface area contributed by atoms with E-state index in [1.54, 1.807) is 37.3 Å². The molecule has 2 heterocycles. The maximum absolute atomic E-state index is 15.0. The normalized spacial score (nSPS) is 18.6. The Balaban J connectivity index is 1.33. The molecule has 0 unspecified atom stereocenters. The first-order valence-corrected chi connectivity index (χ1v) is 11.3. The number of aromatic nitrogens is 2. The number of halogens is 1. The van der Waals surface area contributed by atoms with Gasteiger partial charge in [0.15, 0.2) is 5.82 Å². The van der Waals surface area contributed by atoms with Crippen LogP contribution in [-0.2, 0) is 0 Å². The molecule has 0 N–H and O–H groups in total. The lowest BCUT2D eigenvalue weighted by Crippen LogP contribution is -2.43. The van der Waals surface area contributed by atoms with Crippen molar-refractivity contribution in [3.8, 4) is 11.4 Å². The summed E-state index contributed by atoms with van der Waals surface area (Å²) < 4.78 is 22.5. The molecule has 31 heavy (non-hydrogen) atoms. The summed E-state index contributed by atoms with van der Waals surface area (Å²) in [5, 5.41) is 0.474. The van der Waals surface area contributed by atoms with Gasteiger partial charge in [0.25, 0.3) is 5.56 Å². The minimum Gasteiger partial charge on any atom is -0.490 e. The number of piperidine rings is 1. The Morgan fingerprint density at radius 2 is 1.77 bits per heavy atom. The van der Waals surface area contributed by atoms with Crippen molar-refractivity contribution in [2.45, 2.75) is 57.6 Å². The Kier molecular flexibility index (Phi) is 5.48. The zero-order valence-electron chi connectivity index (χ0n) is 17.9. The number of hydrogen-bond donors (Lipinski definition) is 0. The van der Waals surface area contributed by atoms with Crippen molar-refractivity contribution in [1.29, 1.82) is 0 Å². The molecule has 0 atom stereocenters. The van der Waals surface area contributed by atoms with Crippen LogP contribution in [-0.4, -0.2) is 39.7 Å². The first kappa shape index (κ1) is 20.2. The predicted octanol–water partition coefficient (Wildman–Crippen LogP) is 4.62. The second kappa shape index (κ2) is 8.42. The van der Waals surface area contributed by atoms with Crippen LogP contribution < -0.4 is 10.3 Å². The van der Waals surface area contributed by atoms with Gasteiger partial charge in [-0.05, 0) is 56.9 Å². The molecule has 2 aromatic carbocycles. The lowest BCUT2D eigenvalue weighted by atomic mass is 10.0.